The molecule has 3 nitrogen and oxygen atoms in total. The molecule has 0 amide bonds. The first kappa shape index (κ1) is 12.2. The van der Waals surface area contributed by atoms with Crippen LogP contribution in [0.15, 0.2) is 48.8 Å². The maximum Gasteiger partial charge on any atom is 0.0458 e. The Morgan fingerprint density at radius 1 is 1.16 bits per heavy atom. The average molecular weight is 253 g/mol. The Balaban J connectivity index is 1.94. The summed E-state index contributed by atoms with van der Waals surface area (Å²) in [7, 11) is 2.02. The number of hydrogen-bond acceptors (Lipinski definition) is 3. The van der Waals surface area contributed by atoms with Crippen molar-refractivity contribution >= 4 is 5.69 Å². The number of nitrogens with one attached hydrogen (secondary N) is 1. The van der Waals surface area contributed by atoms with E-state index in [0.29, 0.717) is 6.04 Å². The fraction of sp³-hybridized carbons (Fsp3) is 0.312. The predicted molar refractivity (Wildman–Crippen MR) is 78.3 cm³/mol. The Bertz CT molecular complexity index is 539. The standard InChI is InChI=1S/C16H19N3/c1-17-11-16-10-13-4-2-3-5-14(13)12-19(16)15-6-8-18-9-7-15/h2-9,16-17H,10-12H2,1H3. The summed E-state index contributed by atoms with van der Waals surface area (Å²) in [6.45, 7) is 1.98. The first-order valence-corrected chi connectivity index (χ1v) is 6.76. The molecule has 1 N–H and O–H groups in total. The molecule has 0 saturated heterocycles. The zero-order valence-electron chi connectivity index (χ0n) is 11.2. The summed E-state index contributed by atoms with van der Waals surface area (Å²) in [5.74, 6) is 0. The van der Waals surface area contributed by atoms with Gasteiger partial charge in [0.1, 0.15) is 0 Å². The zero-order chi connectivity index (χ0) is 13.1. The molecule has 0 aliphatic carbocycles. The topological polar surface area (TPSA) is 28.2 Å². The summed E-state index contributed by atoms with van der Waals surface area (Å²) in [6, 6.07) is 13.4. The van der Waals surface area contributed by atoms with Crippen molar-refractivity contribution in [1.29, 1.82) is 0 Å². The molecule has 1 aliphatic heterocycles. The monoisotopic (exact) mass is 253 g/mol. The maximum atomic E-state index is 4.11. The highest BCUT2D eigenvalue weighted by molar-refractivity contribution is 5.50. The Labute approximate surface area is 114 Å². The fourth-order valence-corrected chi connectivity index (χ4v) is 2.84. The van der Waals surface area contributed by atoms with E-state index in [1.54, 1.807) is 0 Å². The fourth-order valence-electron chi connectivity index (χ4n) is 2.84. The van der Waals surface area contributed by atoms with Crippen molar-refractivity contribution in [2.45, 2.75) is 19.0 Å². The first-order chi connectivity index (χ1) is 9.38. The van der Waals surface area contributed by atoms with Crippen molar-refractivity contribution in [1.82, 2.24) is 10.3 Å². The van der Waals surface area contributed by atoms with Crippen LogP contribution in [0.5, 0.6) is 0 Å². The van der Waals surface area contributed by atoms with Crippen LogP contribution >= 0.6 is 0 Å². The van der Waals surface area contributed by atoms with E-state index in [9.17, 15) is 0 Å². The number of aromatic nitrogens is 1. The molecule has 0 radical (unpaired) electrons. The quantitative estimate of drug-likeness (QED) is 0.909. The highest BCUT2D eigenvalue weighted by Gasteiger charge is 2.25. The van der Waals surface area contributed by atoms with E-state index >= 15 is 0 Å². The van der Waals surface area contributed by atoms with E-state index in [4.69, 9.17) is 0 Å². The number of pyridine rings is 1. The summed E-state index contributed by atoms with van der Waals surface area (Å²) >= 11 is 0. The summed E-state index contributed by atoms with van der Waals surface area (Å²) in [6.07, 6.45) is 4.83. The highest BCUT2D eigenvalue weighted by atomic mass is 15.2. The molecule has 1 aliphatic rings. The second kappa shape index (κ2) is 5.41. The van der Waals surface area contributed by atoms with Crippen LogP contribution in [0.1, 0.15) is 11.1 Å². The number of anilines is 1. The van der Waals surface area contributed by atoms with Gasteiger partial charge in [-0.1, -0.05) is 24.3 Å². The summed E-state index contributed by atoms with van der Waals surface area (Å²) in [5, 5.41) is 3.31. The minimum Gasteiger partial charge on any atom is -0.363 e. The second-order valence-electron chi connectivity index (χ2n) is 5.02. The number of hydrogen-bond donors (Lipinski definition) is 1. The third-order valence-corrected chi connectivity index (χ3v) is 3.79. The molecule has 0 bridgehead atoms. The Kier molecular flexibility index (Phi) is 3.47. The van der Waals surface area contributed by atoms with Crippen LogP contribution in [0.4, 0.5) is 5.69 Å². The van der Waals surface area contributed by atoms with Gasteiger partial charge in [0.2, 0.25) is 0 Å². The predicted octanol–water partition coefficient (Wildman–Crippen LogP) is 2.23. The molecule has 1 aromatic heterocycles. The smallest absolute Gasteiger partial charge is 0.0458 e. The van der Waals surface area contributed by atoms with Gasteiger partial charge in [0, 0.05) is 37.2 Å². The van der Waals surface area contributed by atoms with E-state index in [1.807, 2.05) is 19.4 Å². The molecule has 2 aromatic rings. The van der Waals surface area contributed by atoms with E-state index in [1.165, 1.54) is 16.8 Å². The number of nitrogens with zero attached hydrogens (tertiary/aromatic N) is 2. The Morgan fingerprint density at radius 2 is 1.89 bits per heavy atom. The van der Waals surface area contributed by atoms with Crippen LogP contribution in [0, 0.1) is 0 Å². The van der Waals surface area contributed by atoms with E-state index in [-0.39, 0.29) is 0 Å². The lowest BCUT2D eigenvalue weighted by atomic mass is 9.93. The van der Waals surface area contributed by atoms with Crippen LogP contribution in [0.2, 0.25) is 0 Å². The van der Waals surface area contributed by atoms with E-state index in [0.717, 1.165) is 19.5 Å². The largest absolute Gasteiger partial charge is 0.363 e. The van der Waals surface area contributed by atoms with Gasteiger partial charge in [-0.15, -0.1) is 0 Å². The summed E-state index contributed by atoms with van der Waals surface area (Å²) in [5.41, 5.74) is 4.17. The molecule has 19 heavy (non-hydrogen) atoms. The van der Waals surface area contributed by atoms with Crippen LogP contribution in [0.3, 0.4) is 0 Å². The molecule has 3 heteroatoms. The molecule has 98 valence electrons. The van der Waals surface area contributed by atoms with Crippen LogP contribution < -0.4 is 10.2 Å². The second-order valence-corrected chi connectivity index (χ2v) is 5.02. The summed E-state index contributed by atoms with van der Waals surface area (Å²) < 4.78 is 0. The van der Waals surface area contributed by atoms with Gasteiger partial charge in [-0.25, -0.2) is 0 Å². The molecule has 0 spiro atoms. The van der Waals surface area contributed by atoms with Crippen molar-refractivity contribution in [2.75, 3.05) is 18.5 Å². The lowest BCUT2D eigenvalue weighted by Gasteiger charge is -2.38. The van der Waals surface area contributed by atoms with Crippen molar-refractivity contribution in [3.05, 3.63) is 59.9 Å². The number of fused-ring (bicyclic) bond motifs is 1. The molecular formula is C16H19N3. The van der Waals surface area contributed by atoms with Crippen LogP contribution in [-0.2, 0) is 13.0 Å². The number of rotatable bonds is 3. The van der Waals surface area contributed by atoms with Gasteiger partial charge < -0.3 is 10.2 Å². The van der Waals surface area contributed by atoms with Gasteiger partial charge in [-0.2, -0.15) is 0 Å². The molecular weight excluding hydrogens is 234 g/mol. The molecule has 1 unspecified atom stereocenters. The Morgan fingerprint density at radius 3 is 2.63 bits per heavy atom. The molecule has 1 atom stereocenters. The average Bonchev–Trinajstić information content (AvgIpc) is 2.48. The molecule has 2 heterocycles. The van der Waals surface area contributed by atoms with Crippen molar-refractivity contribution in [2.24, 2.45) is 0 Å². The molecule has 3 rings (SSSR count). The number of benzene rings is 1. The van der Waals surface area contributed by atoms with Gasteiger partial charge in [-0.3, -0.25) is 4.98 Å². The lowest BCUT2D eigenvalue weighted by molar-refractivity contribution is 0.527. The van der Waals surface area contributed by atoms with Crippen molar-refractivity contribution in [3.63, 3.8) is 0 Å². The van der Waals surface area contributed by atoms with E-state index < -0.39 is 0 Å². The normalized spacial score (nSPS) is 18.2. The molecule has 0 fully saturated rings. The molecule has 1 aromatic carbocycles. The minimum absolute atomic E-state index is 0.502. The number of likely N-dealkylation sites (N-methyl/N-ethyl adjacent to an activating group) is 1. The maximum absolute atomic E-state index is 4.11. The SMILES string of the molecule is CNCC1Cc2ccccc2CN1c1ccncc1. The van der Waals surface area contributed by atoms with Crippen LogP contribution in [0.25, 0.3) is 0 Å². The molecule has 0 saturated carbocycles. The highest BCUT2D eigenvalue weighted by Crippen LogP contribution is 2.27. The lowest BCUT2D eigenvalue weighted by Crippen LogP contribution is -2.45. The van der Waals surface area contributed by atoms with Crippen LogP contribution in [-0.4, -0.2) is 24.6 Å². The van der Waals surface area contributed by atoms with Crippen molar-refractivity contribution in [3.8, 4) is 0 Å². The third kappa shape index (κ3) is 2.47. The van der Waals surface area contributed by atoms with Crippen molar-refractivity contribution < 1.29 is 0 Å². The minimum atomic E-state index is 0.502. The van der Waals surface area contributed by atoms with Gasteiger partial charge in [0.25, 0.3) is 0 Å². The Hall–Kier alpha value is -1.87. The first-order valence-electron chi connectivity index (χ1n) is 6.76. The van der Waals surface area contributed by atoms with Gasteiger partial charge in [-0.05, 0) is 36.7 Å². The third-order valence-electron chi connectivity index (χ3n) is 3.79. The summed E-state index contributed by atoms with van der Waals surface area (Å²) in [4.78, 5) is 6.59. The van der Waals surface area contributed by atoms with Gasteiger partial charge >= 0.3 is 0 Å². The van der Waals surface area contributed by atoms with Gasteiger partial charge in [0.05, 0.1) is 0 Å². The zero-order valence-corrected chi connectivity index (χ0v) is 11.2. The van der Waals surface area contributed by atoms with E-state index in [2.05, 4.69) is 51.6 Å². The van der Waals surface area contributed by atoms with Gasteiger partial charge in [0.15, 0.2) is 0 Å².